The molecule has 0 aromatic carbocycles. The molecule has 0 aromatic rings. The summed E-state index contributed by atoms with van der Waals surface area (Å²) in [7, 11) is 1.46. The van der Waals surface area contributed by atoms with Crippen molar-refractivity contribution in [3.63, 3.8) is 0 Å². The van der Waals surface area contributed by atoms with E-state index in [2.05, 4.69) is 4.94 Å². The average Bonchev–Trinajstić information content (AvgIpc) is 2.56. The number of methoxy groups -OCH3 is 1. The second-order valence-electron chi connectivity index (χ2n) is 5.98. The first kappa shape index (κ1) is 23.7. The van der Waals surface area contributed by atoms with Crippen molar-refractivity contribution in [2.45, 2.75) is 84.8 Å². The molecule has 0 aliphatic heterocycles. The van der Waals surface area contributed by atoms with Gasteiger partial charge in [-0.05, 0) is 45.1 Å². The van der Waals surface area contributed by atoms with Crippen LogP contribution in [0.15, 0.2) is 0 Å². The minimum atomic E-state index is -2.10. The van der Waals surface area contributed by atoms with Crippen LogP contribution in [0.25, 0.3) is 0 Å². The van der Waals surface area contributed by atoms with Crippen LogP contribution in [0.5, 0.6) is 0 Å². The highest BCUT2D eigenvalue weighted by Gasteiger charge is 2.61. The van der Waals surface area contributed by atoms with Crippen molar-refractivity contribution >= 4 is 0 Å². The summed E-state index contributed by atoms with van der Waals surface area (Å²) in [6.07, 6.45) is 1.02. The Balaban J connectivity index is 5.80. The summed E-state index contributed by atoms with van der Waals surface area (Å²) in [5.74, 6) is -2.10. The maximum atomic E-state index is 13.8. The van der Waals surface area contributed by atoms with Gasteiger partial charge in [-0.15, -0.1) is 4.94 Å². The molecule has 0 fully saturated rings. The Hall–Kier alpha value is -0.310. The highest BCUT2D eigenvalue weighted by Crippen LogP contribution is 2.39. The summed E-state index contributed by atoms with van der Waals surface area (Å²) in [5.41, 5.74) is -1.47. The van der Waals surface area contributed by atoms with Crippen LogP contribution in [0.3, 0.4) is 0 Å². The Morgan fingerprint density at radius 3 is 2.08 bits per heavy atom. The minimum Gasteiger partial charge on any atom is -0.362 e. The maximum absolute atomic E-state index is 13.8. The van der Waals surface area contributed by atoms with Crippen molar-refractivity contribution < 1.29 is 33.2 Å². The zero-order chi connectivity index (χ0) is 18.6. The average molecular weight is 354 g/mol. The fraction of sp³-hybridized carbons (Fsp3) is 1.00. The molecule has 0 aliphatic carbocycles. The van der Waals surface area contributed by atoms with Crippen molar-refractivity contribution in [2.75, 3.05) is 26.9 Å². The number of hydrogen-bond acceptors (Lipinski definition) is 6. The van der Waals surface area contributed by atoms with E-state index in [-0.39, 0.29) is 12.7 Å². The molecule has 3 unspecified atom stereocenters. The molecule has 0 saturated carbocycles. The smallest absolute Gasteiger partial charge is 0.352 e. The lowest BCUT2D eigenvalue weighted by Gasteiger charge is -2.46. The Kier molecular flexibility index (Phi) is 12.0. The first-order chi connectivity index (χ1) is 11.4. The predicted octanol–water partition coefficient (Wildman–Crippen LogP) is 3.98. The van der Waals surface area contributed by atoms with Crippen LogP contribution in [0.4, 0.5) is 4.53 Å². The van der Waals surface area contributed by atoms with Crippen LogP contribution in [0.1, 0.15) is 60.8 Å². The van der Waals surface area contributed by atoms with Gasteiger partial charge < -0.3 is 23.7 Å². The van der Waals surface area contributed by atoms with E-state index in [0.717, 1.165) is 19.3 Å². The van der Waals surface area contributed by atoms with Gasteiger partial charge in [-0.25, -0.2) is 0 Å². The Morgan fingerprint density at radius 2 is 1.67 bits per heavy atom. The molecule has 0 amide bonds. The van der Waals surface area contributed by atoms with Crippen LogP contribution in [-0.4, -0.2) is 50.9 Å². The van der Waals surface area contributed by atoms with E-state index in [4.69, 9.17) is 23.7 Å². The number of rotatable bonds is 15. The van der Waals surface area contributed by atoms with Gasteiger partial charge in [-0.2, -0.15) is 0 Å². The second-order valence-corrected chi connectivity index (χ2v) is 5.98. The molecule has 3 atom stereocenters. The van der Waals surface area contributed by atoms with E-state index in [1.54, 1.807) is 20.8 Å². The van der Waals surface area contributed by atoms with Crippen LogP contribution < -0.4 is 0 Å². The Bertz CT molecular complexity index is 317. The van der Waals surface area contributed by atoms with Crippen LogP contribution >= 0.6 is 0 Å². The first-order valence-electron chi connectivity index (χ1n) is 8.77. The van der Waals surface area contributed by atoms with Gasteiger partial charge in [0.05, 0.1) is 12.7 Å². The zero-order valence-electron chi connectivity index (χ0n) is 16.2. The minimum absolute atomic E-state index is 0.251. The van der Waals surface area contributed by atoms with E-state index in [1.165, 1.54) is 7.11 Å². The molecular formula is C17H35FO6. The highest BCUT2D eigenvalue weighted by atomic mass is 19.3. The first-order valence-corrected chi connectivity index (χ1v) is 8.77. The van der Waals surface area contributed by atoms with Gasteiger partial charge in [0.1, 0.15) is 0 Å². The van der Waals surface area contributed by atoms with Crippen molar-refractivity contribution in [1.29, 1.82) is 0 Å². The number of ether oxygens (including phenoxy) is 5. The molecule has 24 heavy (non-hydrogen) atoms. The largest absolute Gasteiger partial charge is 0.362 e. The molecule has 0 aliphatic rings. The molecule has 0 radical (unpaired) electrons. The standard InChI is InChI=1S/C17H35FO6/c1-8-11-13-22-17(24-18,23-14(4)5)16(6,21-12-9-2)15(19-7)20-10-3/h14-15H,8-13H2,1-7H3. The maximum Gasteiger partial charge on any atom is 0.352 e. The van der Waals surface area contributed by atoms with Crippen molar-refractivity contribution in [3.8, 4) is 0 Å². The Labute approximate surface area is 145 Å². The van der Waals surface area contributed by atoms with Crippen molar-refractivity contribution in [3.05, 3.63) is 0 Å². The molecule has 146 valence electrons. The van der Waals surface area contributed by atoms with Gasteiger partial charge in [-0.1, -0.05) is 20.3 Å². The third-order valence-corrected chi connectivity index (χ3v) is 3.48. The zero-order valence-corrected chi connectivity index (χ0v) is 16.2. The molecule has 7 heteroatoms. The SMILES string of the molecule is CCCCOC(OF)(OC(C)C)C(C)(OCCC)C(OC)OCC. The van der Waals surface area contributed by atoms with Gasteiger partial charge in [0, 0.05) is 20.3 Å². The predicted molar refractivity (Wildman–Crippen MR) is 89.1 cm³/mol. The van der Waals surface area contributed by atoms with Gasteiger partial charge in [0.15, 0.2) is 6.29 Å². The summed E-state index contributed by atoms with van der Waals surface area (Å²) in [4.78, 5) is 4.26. The second kappa shape index (κ2) is 12.1. The summed E-state index contributed by atoms with van der Waals surface area (Å²) in [6.45, 7) is 11.8. The molecule has 0 saturated heterocycles. The van der Waals surface area contributed by atoms with Crippen molar-refractivity contribution in [1.82, 2.24) is 0 Å². The summed E-state index contributed by atoms with van der Waals surface area (Å²) >= 11 is 0. The van der Waals surface area contributed by atoms with E-state index in [0.29, 0.717) is 13.2 Å². The third kappa shape index (κ3) is 6.20. The van der Waals surface area contributed by atoms with Gasteiger partial charge in [-0.3, -0.25) is 0 Å². The molecule has 0 aromatic heterocycles. The summed E-state index contributed by atoms with van der Waals surface area (Å²) < 4.78 is 42.2. The molecule has 6 nitrogen and oxygen atoms in total. The normalized spacial score (nSPS) is 18.4. The molecule has 0 spiro atoms. The Morgan fingerprint density at radius 1 is 1.00 bits per heavy atom. The lowest BCUT2D eigenvalue weighted by Crippen LogP contribution is -2.66. The lowest BCUT2D eigenvalue weighted by atomic mass is 10.0. The third-order valence-electron chi connectivity index (χ3n) is 3.48. The van der Waals surface area contributed by atoms with E-state index < -0.39 is 17.9 Å². The summed E-state index contributed by atoms with van der Waals surface area (Å²) in [5, 5.41) is 0. The quantitative estimate of drug-likeness (QED) is 0.327. The number of unbranched alkanes of at least 4 members (excludes halogenated alkanes) is 1. The van der Waals surface area contributed by atoms with Crippen LogP contribution in [0.2, 0.25) is 0 Å². The van der Waals surface area contributed by atoms with E-state index >= 15 is 0 Å². The van der Waals surface area contributed by atoms with E-state index in [9.17, 15) is 4.53 Å². The number of hydrogen-bond donors (Lipinski definition) is 0. The fourth-order valence-corrected chi connectivity index (χ4v) is 2.29. The van der Waals surface area contributed by atoms with Crippen LogP contribution in [0, 0.1) is 0 Å². The van der Waals surface area contributed by atoms with E-state index in [1.807, 2.05) is 20.8 Å². The summed E-state index contributed by atoms with van der Waals surface area (Å²) in [6, 6.07) is 0. The van der Waals surface area contributed by atoms with Gasteiger partial charge >= 0.3 is 5.97 Å². The van der Waals surface area contributed by atoms with Gasteiger partial charge in [0.25, 0.3) is 0 Å². The molecule has 0 heterocycles. The molecule has 0 rings (SSSR count). The topological polar surface area (TPSA) is 55.4 Å². The highest BCUT2D eigenvalue weighted by molar-refractivity contribution is 4.91. The molecule has 0 N–H and O–H groups in total. The molecule has 0 bridgehead atoms. The van der Waals surface area contributed by atoms with Crippen molar-refractivity contribution in [2.24, 2.45) is 0 Å². The van der Waals surface area contributed by atoms with Gasteiger partial charge in [0.2, 0.25) is 5.60 Å². The number of halogens is 1. The fourth-order valence-electron chi connectivity index (χ4n) is 2.29. The molecular weight excluding hydrogens is 319 g/mol. The lowest BCUT2D eigenvalue weighted by molar-refractivity contribution is -0.523. The monoisotopic (exact) mass is 354 g/mol. The van der Waals surface area contributed by atoms with Crippen LogP contribution in [-0.2, 0) is 28.6 Å².